The number of aliphatic hydroxyl groups is 1. The molecule has 1 N–H and O–H groups in total. The zero-order chi connectivity index (χ0) is 11.1. The molecule has 2 unspecified atom stereocenters. The minimum absolute atomic E-state index is 0.0742. The van der Waals surface area contributed by atoms with Crippen LogP contribution >= 0.6 is 0 Å². The molecule has 1 heterocycles. The highest BCUT2D eigenvalue weighted by atomic mass is 16.3. The quantitative estimate of drug-likeness (QED) is 0.733. The van der Waals surface area contributed by atoms with E-state index in [1.54, 1.807) is 0 Å². The van der Waals surface area contributed by atoms with Gasteiger partial charge in [0, 0.05) is 6.04 Å². The van der Waals surface area contributed by atoms with Crippen LogP contribution < -0.4 is 0 Å². The monoisotopic (exact) mass is 213 g/mol. The first-order valence-electron chi connectivity index (χ1n) is 6.70. The summed E-state index contributed by atoms with van der Waals surface area (Å²) in [7, 11) is 0. The van der Waals surface area contributed by atoms with Gasteiger partial charge in [0.2, 0.25) is 0 Å². The van der Waals surface area contributed by atoms with Gasteiger partial charge in [0.1, 0.15) is 0 Å². The molecule has 15 heavy (non-hydrogen) atoms. The van der Waals surface area contributed by atoms with Crippen molar-refractivity contribution in [1.82, 2.24) is 4.90 Å². The fraction of sp³-hybridized carbons (Fsp3) is 1.00. The molecule has 1 rings (SSSR count). The molecule has 1 aliphatic heterocycles. The lowest BCUT2D eigenvalue weighted by atomic mass is 9.99. The topological polar surface area (TPSA) is 23.5 Å². The summed E-state index contributed by atoms with van der Waals surface area (Å²) in [6, 6.07) is 0.817. The normalized spacial score (nSPS) is 25.4. The summed E-state index contributed by atoms with van der Waals surface area (Å²) >= 11 is 0. The number of aliphatic hydroxyl groups excluding tert-OH is 1. The summed E-state index contributed by atoms with van der Waals surface area (Å²) in [5.74, 6) is 0. The molecule has 0 aromatic heterocycles. The highest BCUT2D eigenvalue weighted by Crippen LogP contribution is 2.19. The second kappa shape index (κ2) is 7.24. The van der Waals surface area contributed by atoms with Crippen molar-refractivity contribution in [3.63, 3.8) is 0 Å². The molecule has 1 fully saturated rings. The lowest BCUT2D eigenvalue weighted by Crippen LogP contribution is -2.39. The number of piperidine rings is 1. The Hall–Kier alpha value is -0.0800. The maximum atomic E-state index is 9.49. The fourth-order valence-electron chi connectivity index (χ4n) is 2.55. The zero-order valence-corrected chi connectivity index (χ0v) is 10.4. The van der Waals surface area contributed by atoms with Crippen LogP contribution in [0.5, 0.6) is 0 Å². The first-order chi connectivity index (χ1) is 7.27. The van der Waals surface area contributed by atoms with E-state index in [2.05, 4.69) is 18.7 Å². The van der Waals surface area contributed by atoms with Gasteiger partial charge >= 0.3 is 0 Å². The Kier molecular flexibility index (Phi) is 6.26. The van der Waals surface area contributed by atoms with E-state index in [1.165, 1.54) is 38.8 Å². The first-order valence-corrected chi connectivity index (χ1v) is 6.70. The van der Waals surface area contributed by atoms with Crippen LogP contribution in [-0.2, 0) is 0 Å². The summed E-state index contributed by atoms with van der Waals surface area (Å²) in [5, 5.41) is 9.49. The summed E-state index contributed by atoms with van der Waals surface area (Å²) in [5.41, 5.74) is 0. The first kappa shape index (κ1) is 13.0. The molecule has 2 nitrogen and oxygen atoms in total. The summed E-state index contributed by atoms with van der Waals surface area (Å²) in [6.07, 6.45) is 8.41. The Balaban J connectivity index is 2.17. The highest BCUT2D eigenvalue weighted by molar-refractivity contribution is 4.75. The molecule has 0 radical (unpaired) electrons. The minimum atomic E-state index is -0.0742. The van der Waals surface area contributed by atoms with Crippen LogP contribution in [0.3, 0.4) is 0 Å². The Morgan fingerprint density at radius 3 is 2.80 bits per heavy atom. The fourth-order valence-corrected chi connectivity index (χ4v) is 2.55. The van der Waals surface area contributed by atoms with E-state index in [0.29, 0.717) is 0 Å². The van der Waals surface area contributed by atoms with Gasteiger partial charge in [0.25, 0.3) is 0 Å². The molecule has 1 aliphatic rings. The molecule has 1 saturated heterocycles. The number of likely N-dealkylation sites (tertiary alicyclic amines) is 1. The lowest BCUT2D eigenvalue weighted by molar-refractivity contribution is 0.119. The van der Waals surface area contributed by atoms with E-state index >= 15 is 0 Å². The van der Waals surface area contributed by atoms with Gasteiger partial charge in [-0.1, -0.05) is 20.3 Å². The average Bonchev–Trinajstić information content (AvgIpc) is 2.29. The van der Waals surface area contributed by atoms with Crippen molar-refractivity contribution in [2.24, 2.45) is 0 Å². The van der Waals surface area contributed by atoms with Gasteiger partial charge in [-0.15, -0.1) is 0 Å². The molecule has 0 aliphatic carbocycles. The van der Waals surface area contributed by atoms with Crippen LogP contribution in [0.4, 0.5) is 0 Å². The van der Waals surface area contributed by atoms with E-state index in [4.69, 9.17) is 0 Å². The van der Waals surface area contributed by atoms with Crippen molar-refractivity contribution in [3.8, 4) is 0 Å². The van der Waals surface area contributed by atoms with E-state index in [0.717, 1.165) is 25.3 Å². The van der Waals surface area contributed by atoms with E-state index in [9.17, 15) is 5.11 Å². The van der Waals surface area contributed by atoms with Crippen molar-refractivity contribution >= 4 is 0 Å². The summed E-state index contributed by atoms with van der Waals surface area (Å²) in [4.78, 5) is 2.63. The Bertz CT molecular complexity index is 161. The molecule has 0 bridgehead atoms. The molecule has 0 saturated carbocycles. The molecule has 0 amide bonds. The van der Waals surface area contributed by atoms with Gasteiger partial charge in [0.15, 0.2) is 0 Å². The van der Waals surface area contributed by atoms with Crippen LogP contribution in [0.15, 0.2) is 0 Å². The van der Waals surface area contributed by atoms with Crippen LogP contribution in [0.1, 0.15) is 58.8 Å². The number of nitrogens with zero attached hydrogens (tertiary/aromatic N) is 1. The lowest BCUT2D eigenvalue weighted by Gasteiger charge is -2.35. The SMILES string of the molecule is CCC(O)CCCN1CCCCC1CC. The second-order valence-corrected chi connectivity index (χ2v) is 4.80. The largest absolute Gasteiger partial charge is 0.393 e. The third-order valence-corrected chi connectivity index (χ3v) is 3.67. The van der Waals surface area contributed by atoms with Gasteiger partial charge < -0.3 is 10.0 Å². The summed E-state index contributed by atoms with van der Waals surface area (Å²) < 4.78 is 0. The molecule has 0 aromatic carbocycles. The number of hydrogen-bond acceptors (Lipinski definition) is 2. The average molecular weight is 213 g/mol. The molecule has 0 aromatic rings. The van der Waals surface area contributed by atoms with Crippen molar-refractivity contribution in [2.75, 3.05) is 13.1 Å². The molecular formula is C13H27NO. The smallest absolute Gasteiger partial charge is 0.0538 e. The van der Waals surface area contributed by atoms with Crippen LogP contribution in [0.2, 0.25) is 0 Å². The van der Waals surface area contributed by atoms with Crippen LogP contribution in [-0.4, -0.2) is 35.2 Å². The molecule has 90 valence electrons. The van der Waals surface area contributed by atoms with Gasteiger partial charge in [-0.2, -0.15) is 0 Å². The van der Waals surface area contributed by atoms with Gasteiger partial charge in [-0.05, 0) is 51.6 Å². The second-order valence-electron chi connectivity index (χ2n) is 4.80. The van der Waals surface area contributed by atoms with Crippen molar-refractivity contribution < 1.29 is 5.11 Å². The summed E-state index contributed by atoms with van der Waals surface area (Å²) in [6.45, 7) is 6.82. The van der Waals surface area contributed by atoms with Crippen LogP contribution in [0, 0.1) is 0 Å². The predicted molar refractivity (Wildman–Crippen MR) is 65.0 cm³/mol. The Morgan fingerprint density at radius 1 is 1.33 bits per heavy atom. The third kappa shape index (κ3) is 4.52. The van der Waals surface area contributed by atoms with Gasteiger partial charge in [0.05, 0.1) is 6.10 Å². The number of rotatable bonds is 6. The standard InChI is InChI=1S/C13H27NO/c1-3-12-8-5-6-10-14(12)11-7-9-13(15)4-2/h12-13,15H,3-11H2,1-2H3. The van der Waals surface area contributed by atoms with Gasteiger partial charge in [-0.3, -0.25) is 0 Å². The van der Waals surface area contributed by atoms with Gasteiger partial charge in [-0.25, -0.2) is 0 Å². The van der Waals surface area contributed by atoms with E-state index in [1.807, 2.05) is 0 Å². The van der Waals surface area contributed by atoms with E-state index < -0.39 is 0 Å². The molecule has 2 heteroatoms. The van der Waals surface area contributed by atoms with E-state index in [-0.39, 0.29) is 6.10 Å². The van der Waals surface area contributed by atoms with Crippen molar-refractivity contribution in [1.29, 1.82) is 0 Å². The Labute approximate surface area is 94.7 Å². The van der Waals surface area contributed by atoms with Crippen molar-refractivity contribution in [3.05, 3.63) is 0 Å². The Morgan fingerprint density at radius 2 is 2.13 bits per heavy atom. The predicted octanol–water partition coefficient (Wildman–Crippen LogP) is 2.80. The third-order valence-electron chi connectivity index (χ3n) is 3.67. The highest BCUT2D eigenvalue weighted by Gasteiger charge is 2.19. The van der Waals surface area contributed by atoms with Crippen molar-refractivity contribution in [2.45, 2.75) is 70.9 Å². The maximum Gasteiger partial charge on any atom is 0.0538 e. The maximum absolute atomic E-state index is 9.49. The molecule has 2 atom stereocenters. The van der Waals surface area contributed by atoms with Crippen LogP contribution in [0.25, 0.3) is 0 Å². The number of hydrogen-bond donors (Lipinski definition) is 1. The minimum Gasteiger partial charge on any atom is -0.393 e. The molecule has 0 spiro atoms. The zero-order valence-electron chi connectivity index (χ0n) is 10.4. The molecular weight excluding hydrogens is 186 g/mol.